The number of anilines is 2. The van der Waals surface area contributed by atoms with E-state index in [1.165, 1.54) is 7.11 Å². The molecule has 1 aromatic heterocycles. The summed E-state index contributed by atoms with van der Waals surface area (Å²) in [6, 6.07) is 4.65. The van der Waals surface area contributed by atoms with Gasteiger partial charge in [-0.2, -0.15) is 13.2 Å². The van der Waals surface area contributed by atoms with E-state index in [4.69, 9.17) is 31.5 Å². The number of ether oxygens (including phenoxy) is 3. The molecule has 1 aromatic carbocycles. The normalized spacial score (nSPS) is 19.5. The molecule has 0 radical (unpaired) electrons. The quantitative estimate of drug-likeness (QED) is 0.549. The second-order valence-electron chi connectivity index (χ2n) is 6.13. The number of hydrogen-bond donors (Lipinski definition) is 2. The molecule has 1 fully saturated rings. The number of nitrogens with zero attached hydrogens (tertiary/aromatic N) is 2. The molecule has 0 aliphatic carbocycles. The zero-order valence-electron chi connectivity index (χ0n) is 14.8. The van der Waals surface area contributed by atoms with Crippen LogP contribution in [0, 0.1) is 5.92 Å². The number of alkyl halides is 3. The Morgan fingerprint density at radius 3 is 2.79 bits per heavy atom. The third-order valence-corrected chi connectivity index (χ3v) is 4.47. The fourth-order valence-corrected chi connectivity index (χ4v) is 2.93. The van der Waals surface area contributed by atoms with E-state index < -0.39 is 23.6 Å². The first-order valence-electron chi connectivity index (χ1n) is 8.29. The molecule has 28 heavy (non-hydrogen) atoms. The van der Waals surface area contributed by atoms with Crippen molar-refractivity contribution < 1.29 is 27.4 Å². The summed E-state index contributed by atoms with van der Waals surface area (Å²) in [5.41, 5.74) is 5.31. The highest BCUT2D eigenvalue weighted by atomic mass is 35.5. The van der Waals surface area contributed by atoms with E-state index in [-0.39, 0.29) is 24.4 Å². The highest BCUT2D eigenvalue weighted by molar-refractivity contribution is 6.28. The number of methoxy groups -OCH3 is 1. The molecule has 2 unspecified atom stereocenters. The number of aromatic nitrogens is 2. The van der Waals surface area contributed by atoms with Crippen molar-refractivity contribution in [2.75, 3.05) is 38.0 Å². The minimum absolute atomic E-state index is 0.176. The van der Waals surface area contributed by atoms with Gasteiger partial charge in [-0.1, -0.05) is 6.07 Å². The maximum atomic E-state index is 13.2. The van der Waals surface area contributed by atoms with E-state index in [1.54, 1.807) is 18.2 Å². The number of nitrogen functional groups attached to an aromatic ring is 1. The monoisotopic (exact) mass is 418 g/mol. The van der Waals surface area contributed by atoms with Gasteiger partial charge in [-0.15, -0.1) is 0 Å². The molecule has 0 amide bonds. The highest BCUT2D eigenvalue weighted by Gasteiger charge is 2.37. The van der Waals surface area contributed by atoms with Crippen LogP contribution in [0.1, 0.15) is 5.56 Å². The van der Waals surface area contributed by atoms with Crippen LogP contribution in [0.5, 0.6) is 11.5 Å². The van der Waals surface area contributed by atoms with Crippen LogP contribution in [-0.4, -0.2) is 42.9 Å². The van der Waals surface area contributed by atoms with Crippen molar-refractivity contribution in [1.82, 2.24) is 9.97 Å². The van der Waals surface area contributed by atoms with Crippen LogP contribution in [0.3, 0.4) is 0 Å². The molecule has 2 heterocycles. The average Bonchev–Trinajstić information content (AvgIpc) is 3.07. The molecular formula is C17H18ClF3N4O3. The summed E-state index contributed by atoms with van der Waals surface area (Å²) in [7, 11) is 1.49. The van der Waals surface area contributed by atoms with E-state index in [0.29, 0.717) is 30.0 Å². The van der Waals surface area contributed by atoms with Gasteiger partial charge in [0.15, 0.2) is 0 Å². The lowest BCUT2D eigenvalue weighted by Crippen LogP contribution is -2.33. The summed E-state index contributed by atoms with van der Waals surface area (Å²) in [6.45, 7) is 0.678. The number of nitrogens with one attached hydrogen (secondary N) is 1. The Balaban J connectivity index is 1.72. The molecule has 2 atom stereocenters. The number of nitrogens with two attached hydrogens (primary N) is 1. The Morgan fingerprint density at radius 2 is 2.07 bits per heavy atom. The van der Waals surface area contributed by atoms with Crippen LogP contribution in [0.2, 0.25) is 5.28 Å². The highest BCUT2D eigenvalue weighted by Crippen LogP contribution is 2.35. The molecule has 3 rings (SSSR count). The van der Waals surface area contributed by atoms with Gasteiger partial charge in [0.1, 0.15) is 28.6 Å². The largest absolute Gasteiger partial charge is 0.494 e. The third-order valence-electron chi connectivity index (χ3n) is 4.28. The molecule has 1 aliphatic heterocycles. The summed E-state index contributed by atoms with van der Waals surface area (Å²) in [4.78, 5) is 7.10. The number of para-hydroxylation sites is 1. The standard InChI is InChI=1S/C17H18ClF3N4O3/c1-26-12-3-2-4-13(14(12)22)28-7-9-6-27-8-11(9)24-15-10(17(19,20)21)5-23-16(18)25-15/h2-5,9,11H,6-8,22H2,1H3,(H,23,24,25). The van der Waals surface area contributed by atoms with Gasteiger partial charge in [-0.3, -0.25) is 0 Å². The fourth-order valence-electron chi connectivity index (χ4n) is 2.80. The molecule has 2 aromatic rings. The molecule has 0 bridgehead atoms. The van der Waals surface area contributed by atoms with Crippen LogP contribution in [0.4, 0.5) is 24.7 Å². The lowest BCUT2D eigenvalue weighted by atomic mass is 10.0. The van der Waals surface area contributed by atoms with Gasteiger partial charge in [0, 0.05) is 12.1 Å². The summed E-state index contributed by atoms with van der Waals surface area (Å²) >= 11 is 5.66. The van der Waals surface area contributed by atoms with Crippen LogP contribution >= 0.6 is 11.6 Å². The first kappa shape index (κ1) is 20.3. The summed E-state index contributed by atoms with van der Waals surface area (Å²) in [6.07, 6.45) is -3.97. The Morgan fingerprint density at radius 1 is 1.32 bits per heavy atom. The van der Waals surface area contributed by atoms with Gasteiger partial charge in [-0.25, -0.2) is 9.97 Å². The van der Waals surface area contributed by atoms with Gasteiger partial charge in [0.25, 0.3) is 0 Å². The fraction of sp³-hybridized carbons (Fsp3) is 0.412. The number of hydrogen-bond acceptors (Lipinski definition) is 7. The lowest BCUT2D eigenvalue weighted by Gasteiger charge is -2.22. The van der Waals surface area contributed by atoms with Crippen molar-refractivity contribution in [3.63, 3.8) is 0 Å². The van der Waals surface area contributed by atoms with Gasteiger partial charge in [-0.05, 0) is 23.7 Å². The molecule has 0 saturated carbocycles. The van der Waals surface area contributed by atoms with Crippen molar-refractivity contribution in [2.24, 2.45) is 5.92 Å². The Hall–Kier alpha value is -2.46. The van der Waals surface area contributed by atoms with Crippen LogP contribution < -0.4 is 20.5 Å². The predicted octanol–water partition coefficient (Wildman–Crippen LogP) is 3.25. The molecule has 1 aliphatic rings. The second kappa shape index (κ2) is 8.27. The number of halogens is 4. The van der Waals surface area contributed by atoms with E-state index >= 15 is 0 Å². The summed E-state index contributed by atoms with van der Waals surface area (Å²) in [5, 5.41) is 2.48. The van der Waals surface area contributed by atoms with E-state index in [9.17, 15) is 13.2 Å². The molecule has 1 saturated heterocycles. The van der Waals surface area contributed by atoms with Gasteiger partial charge in [0.05, 0.1) is 33.0 Å². The SMILES string of the molecule is COc1cccc(OCC2COCC2Nc2nc(Cl)ncc2C(F)(F)F)c1N. The van der Waals surface area contributed by atoms with E-state index in [0.717, 1.165) is 0 Å². The molecular weight excluding hydrogens is 401 g/mol. The minimum atomic E-state index is -4.62. The zero-order valence-corrected chi connectivity index (χ0v) is 15.5. The zero-order chi connectivity index (χ0) is 20.3. The maximum Gasteiger partial charge on any atom is 0.421 e. The van der Waals surface area contributed by atoms with Crippen molar-refractivity contribution in [3.05, 3.63) is 35.2 Å². The molecule has 3 N–H and O–H groups in total. The topological polar surface area (TPSA) is 91.5 Å². The van der Waals surface area contributed by atoms with Crippen molar-refractivity contribution >= 4 is 23.1 Å². The second-order valence-corrected chi connectivity index (χ2v) is 6.47. The summed E-state index contributed by atoms with van der Waals surface area (Å²) < 4.78 is 55.9. The van der Waals surface area contributed by atoms with E-state index in [1.807, 2.05) is 0 Å². The number of benzene rings is 1. The Kier molecular flexibility index (Phi) is 5.99. The number of rotatable bonds is 6. The molecule has 7 nitrogen and oxygen atoms in total. The van der Waals surface area contributed by atoms with Crippen LogP contribution in [-0.2, 0) is 10.9 Å². The average molecular weight is 419 g/mol. The predicted molar refractivity (Wildman–Crippen MR) is 96.7 cm³/mol. The van der Waals surface area contributed by atoms with Gasteiger partial charge in [0.2, 0.25) is 5.28 Å². The Labute approximate surface area is 164 Å². The minimum Gasteiger partial charge on any atom is -0.494 e. The summed E-state index contributed by atoms with van der Waals surface area (Å²) in [5.74, 6) is 0.265. The third kappa shape index (κ3) is 4.50. The Bertz CT molecular complexity index is 838. The van der Waals surface area contributed by atoms with Crippen LogP contribution in [0.25, 0.3) is 0 Å². The van der Waals surface area contributed by atoms with Gasteiger partial charge >= 0.3 is 6.18 Å². The van der Waals surface area contributed by atoms with Gasteiger partial charge < -0.3 is 25.3 Å². The smallest absolute Gasteiger partial charge is 0.421 e. The van der Waals surface area contributed by atoms with E-state index in [2.05, 4.69) is 15.3 Å². The van der Waals surface area contributed by atoms with Crippen molar-refractivity contribution in [1.29, 1.82) is 0 Å². The molecule has 152 valence electrons. The van der Waals surface area contributed by atoms with Crippen LogP contribution in [0.15, 0.2) is 24.4 Å². The van der Waals surface area contributed by atoms with Crippen molar-refractivity contribution in [3.8, 4) is 11.5 Å². The first-order valence-corrected chi connectivity index (χ1v) is 8.66. The molecule has 11 heteroatoms. The lowest BCUT2D eigenvalue weighted by molar-refractivity contribution is -0.137. The first-order chi connectivity index (χ1) is 13.3. The molecule has 0 spiro atoms. The van der Waals surface area contributed by atoms with Crippen molar-refractivity contribution in [2.45, 2.75) is 12.2 Å². The maximum absolute atomic E-state index is 13.2.